The molecule has 2 unspecified atom stereocenters. The minimum absolute atomic E-state index is 0.0127. The molecule has 3 N–H and O–H groups in total. The molecule has 2 atom stereocenters. The largest absolute Gasteiger partial charge is 0.466 e. The van der Waals surface area contributed by atoms with E-state index in [2.05, 4.69) is 43.5 Å². The third-order valence-electron chi connectivity index (χ3n) is 17.2. The molecule has 0 aromatic carbocycles. The number of aliphatic hydroxyl groups excluding tert-OH is 2. The average Bonchev–Trinajstić information content (AvgIpc) is 3.47. The van der Waals surface area contributed by atoms with Crippen LogP contribution in [0.3, 0.4) is 0 Å². The normalized spacial score (nSPS) is 12.7. The highest BCUT2D eigenvalue weighted by atomic mass is 16.5. The van der Waals surface area contributed by atoms with Crippen LogP contribution in [-0.2, 0) is 14.3 Å². The molecule has 6 nitrogen and oxygen atoms in total. The van der Waals surface area contributed by atoms with E-state index in [0.29, 0.717) is 19.4 Å². The van der Waals surface area contributed by atoms with E-state index in [1.807, 2.05) is 6.08 Å². The number of carbonyl (C=O) groups is 2. The predicted molar refractivity (Wildman–Crippen MR) is 356 cm³/mol. The van der Waals surface area contributed by atoms with E-state index >= 15 is 0 Å². The highest BCUT2D eigenvalue weighted by Gasteiger charge is 2.18. The zero-order chi connectivity index (χ0) is 58.5. The number of unbranched alkanes of at least 4 members (excludes halogenated alkanes) is 54. The van der Waals surface area contributed by atoms with Crippen molar-refractivity contribution in [3.63, 3.8) is 0 Å². The van der Waals surface area contributed by atoms with Gasteiger partial charge in [0.05, 0.1) is 25.4 Å². The van der Waals surface area contributed by atoms with E-state index in [4.69, 9.17) is 4.74 Å². The van der Waals surface area contributed by atoms with E-state index in [9.17, 15) is 19.8 Å². The van der Waals surface area contributed by atoms with Gasteiger partial charge in [-0.2, -0.15) is 0 Å². The number of allylic oxidation sites excluding steroid dienone is 5. The van der Waals surface area contributed by atoms with Crippen LogP contribution in [0.2, 0.25) is 0 Å². The molecule has 81 heavy (non-hydrogen) atoms. The Morgan fingerprint density at radius 1 is 0.346 bits per heavy atom. The first-order valence-electron chi connectivity index (χ1n) is 36.8. The first kappa shape index (κ1) is 79.1. The highest BCUT2D eigenvalue weighted by Crippen LogP contribution is 2.19. The number of hydrogen-bond donors (Lipinski definition) is 3. The van der Waals surface area contributed by atoms with Crippen LogP contribution in [0, 0.1) is 0 Å². The second-order valence-electron chi connectivity index (χ2n) is 25.3. The minimum Gasteiger partial charge on any atom is -0.466 e. The maximum absolute atomic E-state index is 12.5. The number of ether oxygens (including phenoxy) is 1. The van der Waals surface area contributed by atoms with Gasteiger partial charge in [0.2, 0.25) is 5.91 Å². The Morgan fingerprint density at radius 2 is 0.617 bits per heavy atom. The summed E-state index contributed by atoms with van der Waals surface area (Å²) in [4.78, 5) is 24.6. The van der Waals surface area contributed by atoms with Crippen LogP contribution in [0.1, 0.15) is 406 Å². The summed E-state index contributed by atoms with van der Waals surface area (Å²) in [6, 6.07) is -0.634. The van der Waals surface area contributed by atoms with E-state index in [0.717, 1.165) is 44.9 Å². The topological polar surface area (TPSA) is 95.9 Å². The molecule has 478 valence electrons. The number of amides is 1. The molecular weight excluding hydrogens is 995 g/mol. The second kappa shape index (κ2) is 70.6. The van der Waals surface area contributed by atoms with Crippen LogP contribution in [0.4, 0.5) is 0 Å². The molecule has 0 bridgehead atoms. The molecule has 0 saturated heterocycles. The monoisotopic (exact) mass is 1140 g/mol. The lowest BCUT2D eigenvalue weighted by molar-refractivity contribution is -0.143. The molecule has 0 aliphatic carbocycles. The highest BCUT2D eigenvalue weighted by molar-refractivity contribution is 5.76. The summed E-state index contributed by atoms with van der Waals surface area (Å²) in [7, 11) is 0. The van der Waals surface area contributed by atoms with Crippen molar-refractivity contribution in [3.05, 3.63) is 36.5 Å². The maximum Gasteiger partial charge on any atom is 0.305 e. The van der Waals surface area contributed by atoms with Crippen molar-refractivity contribution in [3.8, 4) is 0 Å². The molecular formula is C75H143NO5. The lowest BCUT2D eigenvalue weighted by atomic mass is 10.0. The average molecular weight is 1140 g/mol. The van der Waals surface area contributed by atoms with Crippen LogP contribution in [0.15, 0.2) is 36.5 Å². The summed E-state index contributed by atoms with van der Waals surface area (Å²) < 4.78 is 5.50. The van der Waals surface area contributed by atoms with Crippen molar-refractivity contribution in [1.82, 2.24) is 5.32 Å². The van der Waals surface area contributed by atoms with Gasteiger partial charge >= 0.3 is 5.97 Å². The Hall–Kier alpha value is -1.92. The smallest absolute Gasteiger partial charge is 0.305 e. The molecule has 0 spiro atoms. The molecule has 0 aromatic rings. The van der Waals surface area contributed by atoms with Gasteiger partial charge in [0.25, 0.3) is 0 Å². The summed E-state index contributed by atoms with van der Waals surface area (Å²) in [6.45, 7) is 4.94. The number of nitrogens with one attached hydrogen (secondary N) is 1. The van der Waals surface area contributed by atoms with Crippen molar-refractivity contribution >= 4 is 11.9 Å². The third-order valence-corrected chi connectivity index (χ3v) is 17.2. The minimum atomic E-state index is -0.850. The van der Waals surface area contributed by atoms with Gasteiger partial charge in [-0.3, -0.25) is 9.59 Å². The van der Waals surface area contributed by atoms with Gasteiger partial charge in [0, 0.05) is 12.8 Å². The van der Waals surface area contributed by atoms with Crippen molar-refractivity contribution in [2.45, 2.75) is 418 Å². The zero-order valence-electron chi connectivity index (χ0n) is 54.8. The first-order valence-corrected chi connectivity index (χ1v) is 36.8. The van der Waals surface area contributed by atoms with Gasteiger partial charge in [-0.15, -0.1) is 0 Å². The summed E-state index contributed by atoms with van der Waals surface area (Å²) >= 11 is 0. The van der Waals surface area contributed by atoms with Crippen LogP contribution in [-0.4, -0.2) is 47.4 Å². The Kier molecular flexibility index (Phi) is 68.9. The summed E-state index contributed by atoms with van der Waals surface area (Å²) in [5.74, 6) is -0.0574. The Bertz CT molecular complexity index is 1310. The Morgan fingerprint density at radius 3 is 0.938 bits per heavy atom. The van der Waals surface area contributed by atoms with Gasteiger partial charge in [-0.25, -0.2) is 0 Å². The molecule has 0 fully saturated rings. The Labute approximate surface area is 506 Å². The molecule has 0 aliphatic rings. The van der Waals surface area contributed by atoms with Crippen LogP contribution >= 0.6 is 0 Å². The van der Waals surface area contributed by atoms with Crippen LogP contribution in [0.25, 0.3) is 0 Å². The molecule has 0 aliphatic heterocycles. The second-order valence-corrected chi connectivity index (χ2v) is 25.3. The SMILES string of the molecule is CCCCCCCCCCCCCCCCCCCCCCC/C=C/C(O)C(CO)NC(=O)CCCCCCCCCCC/C=C\C/C=C\CCCCCCCCCCCOC(=O)CCCCCCCCCCCCCCCCCC. The molecule has 0 rings (SSSR count). The van der Waals surface area contributed by atoms with Gasteiger partial charge in [0.1, 0.15) is 0 Å². The quantitative estimate of drug-likeness (QED) is 0.0320. The van der Waals surface area contributed by atoms with E-state index in [-0.39, 0.29) is 18.5 Å². The van der Waals surface area contributed by atoms with Crippen molar-refractivity contribution < 1.29 is 24.5 Å². The van der Waals surface area contributed by atoms with Crippen LogP contribution in [0.5, 0.6) is 0 Å². The van der Waals surface area contributed by atoms with Gasteiger partial charge in [-0.05, 0) is 64.2 Å². The summed E-state index contributed by atoms with van der Waals surface area (Å²) in [5.41, 5.74) is 0. The standard InChI is InChI=1S/C75H143NO5/c1-3-5-7-9-11-13-15-17-19-21-22-23-27-30-33-36-39-43-47-51-55-59-63-67-73(78)72(71-77)76-74(79)68-64-60-56-52-48-44-40-37-34-31-28-25-24-26-29-32-35-38-42-46-50-54-58-62-66-70-81-75(80)69-65-61-57-53-49-45-41-20-18-16-14-12-10-8-6-4-2/h25-26,28-29,63,67,72-73,77-78H,3-24,27,30-62,64-66,68-71H2,1-2H3,(H,76,79)/b28-25-,29-26-,67-63+. The van der Waals surface area contributed by atoms with Crippen LogP contribution < -0.4 is 5.32 Å². The first-order chi connectivity index (χ1) is 40.0. The zero-order valence-corrected chi connectivity index (χ0v) is 54.8. The van der Waals surface area contributed by atoms with Gasteiger partial charge in [-0.1, -0.05) is 365 Å². The molecule has 0 heterocycles. The van der Waals surface area contributed by atoms with Gasteiger partial charge < -0.3 is 20.3 Å². The van der Waals surface area contributed by atoms with E-state index in [1.54, 1.807) is 6.08 Å². The molecule has 6 heteroatoms. The number of carbonyl (C=O) groups excluding carboxylic acids is 2. The summed E-state index contributed by atoms with van der Waals surface area (Å²) in [6.07, 6.45) is 90.9. The van der Waals surface area contributed by atoms with Crippen molar-refractivity contribution in [2.24, 2.45) is 0 Å². The van der Waals surface area contributed by atoms with E-state index in [1.165, 1.54) is 334 Å². The van der Waals surface area contributed by atoms with Crippen molar-refractivity contribution in [2.75, 3.05) is 13.2 Å². The molecule has 0 aromatic heterocycles. The lowest BCUT2D eigenvalue weighted by Crippen LogP contribution is -2.45. The lowest BCUT2D eigenvalue weighted by Gasteiger charge is -2.20. The maximum atomic E-state index is 12.5. The Balaban J connectivity index is 3.45. The molecule has 0 saturated carbocycles. The van der Waals surface area contributed by atoms with Gasteiger partial charge in [0.15, 0.2) is 0 Å². The fraction of sp³-hybridized carbons (Fsp3) is 0.893. The van der Waals surface area contributed by atoms with Crippen molar-refractivity contribution in [1.29, 1.82) is 0 Å². The molecule has 0 radical (unpaired) electrons. The number of esters is 1. The number of rotatable bonds is 69. The fourth-order valence-corrected chi connectivity index (χ4v) is 11.6. The van der Waals surface area contributed by atoms with E-state index < -0.39 is 12.1 Å². The third kappa shape index (κ3) is 67.1. The predicted octanol–water partition coefficient (Wildman–Crippen LogP) is 23.9. The molecule has 1 amide bonds. The summed E-state index contributed by atoms with van der Waals surface area (Å²) in [5, 5.41) is 23.3. The fourth-order valence-electron chi connectivity index (χ4n) is 11.6. The number of hydrogen-bond acceptors (Lipinski definition) is 5. The number of aliphatic hydroxyl groups is 2.